The quantitative estimate of drug-likeness (QED) is 0.682. The van der Waals surface area contributed by atoms with Gasteiger partial charge in [-0.15, -0.1) is 0 Å². The third-order valence-corrected chi connectivity index (χ3v) is 3.83. The predicted octanol–water partition coefficient (Wildman–Crippen LogP) is 4.99. The molecule has 0 radical (unpaired) electrons. The van der Waals surface area contributed by atoms with E-state index in [9.17, 15) is 0 Å². The van der Waals surface area contributed by atoms with Crippen molar-refractivity contribution in [3.63, 3.8) is 0 Å². The van der Waals surface area contributed by atoms with Crippen molar-refractivity contribution in [2.45, 2.75) is 33.1 Å². The molecule has 1 aromatic carbocycles. The summed E-state index contributed by atoms with van der Waals surface area (Å²) in [5.74, 6) is 0.496. The normalized spacial score (nSPS) is 14.6. The molecule has 0 saturated carbocycles. The highest BCUT2D eigenvalue weighted by Gasteiger charge is 2.21. The van der Waals surface area contributed by atoms with Gasteiger partial charge in [-0.2, -0.15) is 0 Å². The van der Waals surface area contributed by atoms with Gasteiger partial charge in [0.25, 0.3) is 0 Å². The van der Waals surface area contributed by atoms with Crippen LogP contribution in [0.3, 0.4) is 0 Å². The highest BCUT2D eigenvalue weighted by molar-refractivity contribution is 5.90. The third kappa shape index (κ3) is 1.47. The molecule has 18 heavy (non-hydrogen) atoms. The Labute approximate surface area is 108 Å². The molecule has 2 aromatic rings. The van der Waals surface area contributed by atoms with Crippen LogP contribution in [-0.4, -0.2) is 0 Å². The Bertz CT molecular complexity index is 668. The minimum absolute atomic E-state index is 0.496. The summed E-state index contributed by atoms with van der Waals surface area (Å²) in [4.78, 5) is 0. The molecule has 0 N–H and O–H groups in total. The van der Waals surface area contributed by atoms with Gasteiger partial charge < -0.3 is 4.42 Å². The first-order chi connectivity index (χ1) is 8.59. The molecule has 0 spiro atoms. The van der Waals surface area contributed by atoms with Crippen LogP contribution < -0.4 is 0 Å². The van der Waals surface area contributed by atoms with E-state index < -0.39 is 0 Å². The Morgan fingerprint density at radius 2 is 2.06 bits per heavy atom. The Balaban J connectivity index is 2.46. The number of fused-ring (bicyclic) bond motifs is 2. The fraction of sp³-hybridized carbons (Fsp3) is 0.294. The van der Waals surface area contributed by atoms with E-state index in [-0.39, 0.29) is 0 Å². The molecule has 1 heterocycles. The van der Waals surface area contributed by atoms with Crippen LogP contribution >= 0.6 is 0 Å². The van der Waals surface area contributed by atoms with Crippen LogP contribution in [0.4, 0.5) is 0 Å². The van der Waals surface area contributed by atoms with Gasteiger partial charge in [-0.1, -0.05) is 38.2 Å². The number of allylic oxidation sites excluding steroid dienone is 2. The van der Waals surface area contributed by atoms with Crippen LogP contribution in [0.25, 0.3) is 17.0 Å². The molecule has 0 atom stereocenters. The van der Waals surface area contributed by atoms with Gasteiger partial charge in [-0.05, 0) is 47.6 Å². The molecular formula is C17H18O. The summed E-state index contributed by atoms with van der Waals surface area (Å²) < 4.78 is 5.69. The van der Waals surface area contributed by atoms with Crippen molar-refractivity contribution in [2.24, 2.45) is 0 Å². The van der Waals surface area contributed by atoms with Gasteiger partial charge in [0.05, 0.1) is 6.26 Å². The Kier molecular flexibility index (Phi) is 2.44. The van der Waals surface area contributed by atoms with E-state index in [1.165, 1.54) is 33.2 Å². The van der Waals surface area contributed by atoms with Gasteiger partial charge in [-0.25, -0.2) is 0 Å². The molecule has 1 heteroatoms. The standard InChI is InChI=1S/C17H18O/c1-10(2)16-13-6-5-11(3)9-15(13)12(4)17-14(16)7-8-18-17/h5-8,10H,3,9H2,1-2,4H3. The van der Waals surface area contributed by atoms with Crippen molar-refractivity contribution >= 4 is 17.0 Å². The summed E-state index contributed by atoms with van der Waals surface area (Å²) in [7, 11) is 0. The van der Waals surface area contributed by atoms with E-state index in [1.54, 1.807) is 6.26 Å². The molecule has 3 rings (SSSR count). The third-order valence-electron chi connectivity index (χ3n) is 3.83. The average molecular weight is 238 g/mol. The lowest BCUT2D eigenvalue weighted by Gasteiger charge is -2.21. The topological polar surface area (TPSA) is 13.1 Å². The highest BCUT2D eigenvalue weighted by atomic mass is 16.3. The van der Waals surface area contributed by atoms with Crippen molar-refractivity contribution < 1.29 is 4.42 Å². The minimum Gasteiger partial charge on any atom is -0.464 e. The molecule has 0 amide bonds. The first kappa shape index (κ1) is 11.3. The van der Waals surface area contributed by atoms with Crippen molar-refractivity contribution in [3.8, 4) is 0 Å². The molecule has 0 bridgehead atoms. The van der Waals surface area contributed by atoms with E-state index in [1.807, 2.05) is 0 Å². The molecule has 0 fully saturated rings. The smallest absolute Gasteiger partial charge is 0.137 e. The van der Waals surface area contributed by atoms with Crippen LogP contribution in [0.5, 0.6) is 0 Å². The summed E-state index contributed by atoms with van der Waals surface area (Å²) in [6, 6.07) is 2.09. The average Bonchev–Trinajstić information content (AvgIpc) is 2.79. The summed E-state index contributed by atoms with van der Waals surface area (Å²) in [6.45, 7) is 10.7. The lowest BCUT2D eigenvalue weighted by atomic mass is 9.82. The Hall–Kier alpha value is -1.76. The van der Waals surface area contributed by atoms with Gasteiger partial charge in [-0.3, -0.25) is 0 Å². The predicted molar refractivity (Wildman–Crippen MR) is 76.9 cm³/mol. The SMILES string of the molecule is C=C1C=Cc2c(c(C)c3occc3c2C(C)C)C1. The minimum atomic E-state index is 0.496. The Morgan fingerprint density at radius 1 is 1.28 bits per heavy atom. The molecule has 1 aromatic heterocycles. The second-order valence-corrected chi connectivity index (χ2v) is 5.42. The molecule has 0 unspecified atom stereocenters. The second kappa shape index (κ2) is 3.88. The lowest BCUT2D eigenvalue weighted by molar-refractivity contribution is 0.612. The van der Waals surface area contributed by atoms with Crippen LogP contribution in [-0.2, 0) is 6.42 Å². The molecule has 0 saturated heterocycles. The van der Waals surface area contributed by atoms with E-state index in [0.717, 1.165) is 12.0 Å². The molecule has 1 aliphatic rings. The summed E-state index contributed by atoms with van der Waals surface area (Å²) in [6.07, 6.45) is 7.09. The fourth-order valence-electron chi connectivity index (χ4n) is 2.99. The monoisotopic (exact) mass is 238 g/mol. The van der Waals surface area contributed by atoms with Crippen molar-refractivity contribution in [1.29, 1.82) is 0 Å². The summed E-state index contributed by atoms with van der Waals surface area (Å²) in [5.41, 5.74) is 7.65. The van der Waals surface area contributed by atoms with Gasteiger partial charge in [0.15, 0.2) is 0 Å². The number of hydrogen-bond acceptors (Lipinski definition) is 1. The van der Waals surface area contributed by atoms with Crippen LogP contribution in [0.2, 0.25) is 0 Å². The molecule has 92 valence electrons. The molecular weight excluding hydrogens is 220 g/mol. The van der Waals surface area contributed by atoms with Crippen LogP contribution in [0.1, 0.15) is 42.0 Å². The molecule has 1 aliphatic carbocycles. The molecule has 0 aliphatic heterocycles. The van der Waals surface area contributed by atoms with E-state index in [2.05, 4.69) is 45.6 Å². The van der Waals surface area contributed by atoms with Crippen molar-refractivity contribution in [3.05, 3.63) is 52.8 Å². The van der Waals surface area contributed by atoms with Crippen molar-refractivity contribution in [2.75, 3.05) is 0 Å². The zero-order chi connectivity index (χ0) is 12.9. The van der Waals surface area contributed by atoms with E-state index in [4.69, 9.17) is 4.42 Å². The van der Waals surface area contributed by atoms with E-state index >= 15 is 0 Å². The zero-order valence-corrected chi connectivity index (χ0v) is 11.2. The summed E-state index contributed by atoms with van der Waals surface area (Å²) in [5, 5.41) is 1.26. The number of furan rings is 1. The fourth-order valence-corrected chi connectivity index (χ4v) is 2.99. The number of hydrogen-bond donors (Lipinski definition) is 0. The maximum absolute atomic E-state index is 5.69. The van der Waals surface area contributed by atoms with Gasteiger partial charge in [0, 0.05) is 5.39 Å². The lowest BCUT2D eigenvalue weighted by Crippen LogP contribution is -2.05. The number of rotatable bonds is 1. The van der Waals surface area contributed by atoms with Crippen LogP contribution in [0.15, 0.2) is 35.0 Å². The first-order valence-corrected chi connectivity index (χ1v) is 6.48. The van der Waals surface area contributed by atoms with Crippen LogP contribution in [0, 0.1) is 6.92 Å². The number of benzene rings is 1. The van der Waals surface area contributed by atoms with E-state index in [0.29, 0.717) is 5.92 Å². The number of aryl methyl sites for hydroxylation is 1. The second-order valence-electron chi connectivity index (χ2n) is 5.42. The first-order valence-electron chi connectivity index (χ1n) is 6.48. The highest BCUT2D eigenvalue weighted by Crippen LogP contribution is 2.38. The van der Waals surface area contributed by atoms with Gasteiger partial charge in [0.2, 0.25) is 0 Å². The van der Waals surface area contributed by atoms with Crippen molar-refractivity contribution in [1.82, 2.24) is 0 Å². The van der Waals surface area contributed by atoms with Gasteiger partial charge in [0.1, 0.15) is 5.58 Å². The Morgan fingerprint density at radius 3 is 2.78 bits per heavy atom. The summed E-state index contributed by atoms with van der Waals surface area (Å²) >= 11 is 0. The van der Waals surface area contributed by atoms with Gasteiger partial charge >= 0.3 is 0 Å². The maximum atomic E-state index is 5.69. The zero-order valence-electron chi connectivity index (χ0n) is 11.2. The maximum Gasteiger partial charge on any atom is 0.137 e. The largest absolute Gasteiger partial charge is 0.464 e. The molecule has 1 nitrogen and oxygen atoms in total.